The lowest BCUT2D eigenvalue weighted by Crippen LogP contribution is -2.69. The van der Waals surface area contributed by atoms with Gasteiger partial charge in [-0.1, -0.05) is 38.3 Å². The third kappa shape index (κ3) is 15.9. The summed E-state index contributed by atoms with van der Waals surface area (Å²) in [6.45, 7) is 0.845. The largest absolute Gasteiger partial charge is 0.508 e. The first-order valence-corrected chi connectivity index (χ1v) is 27.5. The summed E-state index contributed by atoms with van der Waals surface area (Å²) in [6.07, 6.45) is -19.0. The maximum atomic E-state index is 14.6. The van der Waals surface area contributed by atoms with Crippen molar-refractivity contribution >= 4 is 47.3 Å². The summed E-state index contributed by atoms with van der Waals surface area (Å²) in [7, 11) is 0. The van der Waals surface area contributed by atoms with E-state index < -0.39 is 211 Å². The number of fused-ring (bicyclic) bond motifs is 2. The van der Waals surface area contributed by atoms with Gasteiger partial charge in [-0.2, -0.15) is 0 Å². The van der Waals surface area contributed by atoms with E-state index in [0.29, 0.717) is 30.6 Å². The fraction of sp³-hybridized carbons (Fsp3) is 0.527. The van der Waals surface area contributed by atoms with Crippen LogP contribution in [0.2, 0.25) is 0 Å². The molecule has 3 aromatic carbocycles. The van der Waals surface area contributed by atoms with Gasteiger partial charge in [0.25, 0.3) is 17.7 Å². The van der Waals surface area contributed by atoms with E-state index in [-0.39, 0.29) is 40.6 Å². The van der Waals surface area contributed by atoms with Crippen molar-refractivity contribution in [2.75, 3.05) is 19.7 Å². The average Bonchev–Trinajstić information content (AvgIpc) is 1.86. The van der Waals surface area contributed by atoms with E-state index in [4.69, 9.17) is 10.5 Å². The van der Waals surface area contributed by atoms with E-state index in [1.54, 1.807) is 5.32 Å². The molecule has 0 bridgehead atoms. The number of aliphatic hydroxyl groups is 9. The van der Waals surface area contributed by atoms with Crippen molar-refractivity contribution in [3.63, 3.8) is 0 Å². The molecule has 3 aliphatic heterocycles. The summed E-state index contributed by atoms with van der Waals surface area (Å²) in [5.41, 5.74) is 0.528. The van der Waals surface area contributed by atoms with Gasteiger partial charge in [0.1, 0.15) is 66.1 Å². The SMILES string of the molecule is C[C@@H](O)[C@@H]1NC(=O)[C@H](NC(=O)c2ccc(OCCCCCCCc3c(F)c(F)c(F)c(F)c3F)cc2)C[C@@H](O)[C@@H](O)NC(=O)[C@]2(O)[C@@H](O)[C@@H](C)CN2C(=O)[C@H]([C@H](O)CC(N)=O)NC(=O)[C@H]([C@H](O)[C@@H](O)c2ccc(O)cc2)NC(=O)[C@@H]2C[C@@H](O)CN2C1=O. The van der Waals surface area contributed by atoms with Gasteiger partial charge in [-0.3, -0.25) is 38.4 Å². The number of rotatable bonds is 18. The lowest BCUT2D eigenvalue weighted by atomic mass is 9.96. The number of aromatic hydroxyl groups is 1. The van der Waals surface area contributed by atoms with Crippen molar-refractivity contribution in [1.29, 1.82) is 0 Å². The number of nitrogens with two attached hydrogens (primary N) is 1. The van der Waals surface area contributed by atoms with E-state index in [9.17, 15) is 111 Å². The number of hydrogen-bond acceptors (Lipinski definition) is 19. The highest BCUT2D eigenvalue weighted by Gasteiger charge is 2.60. The summed E-state index contributed by atoms with van der Waals surface area (Å²) in [6, 6.07) is -1.54. The van der Waals surface area contributed by atoms with Crippen molar-refractivity contribution in [3.8, 4) is 11.5 Å². The Balaban J connectivity index is 1.27. The predicted molar refractivity (Wildman–Crippen MR) is 285 cm³/mol. The highest BCUT2D eigenvalue weighted by Crippen LogP contribution is 2.34. The third-order valence-electron chi connectivity index (χ3n) is 15.2. The number of unbranched alkanes of at least 4 members (excludes halogenated alkanes) is 4. The highest BCUT2D eigenvalue weighted by atomic mass is 19.2. The normalized spacial score (nSPS) is 27.5. The lowest BCUT2D eigenvalue weighted by Gasteiger charge is -2.38. The molecule has 0 saturated carbocycles. The molecule has 0 aliphatic carbocycles. The monoisotopic (exact) mass is 1240 g/mol. The van der Waals surface area contributed by atoms with Gasteiger partial charge >= 0.3 is 0 Å². The lowest BCUT2D eigenvalue weighted by molar-refractivity contribution is -0.189. The number of halogens is 5. The Bertz CT molecular complexity index is 2980. The smallest absolute Gasteiger partial charge is 0.278 e. The van der Waals surface area contributed by atoms with E-state index in [0.717, 1.165) is 31.2 Å². The van der Waals surface area contributed by atoms with Crippen molar-refractivity contribution < 1.29 is 116 Å². The number of benzene rings is 3. The van der Waals surface area contributed by atoms with Crippen LogP contribution in [0.4, 0.5) is 22.0 Å². The molecule has 478 valence electrons. The van der Waals surface area contributed by atoms with Crippen LogP contribution >= 0.6 is 0 Å². The standard InChI is InChI=1S/C55H69F5N8O19/c1-23-21-68-53(84)42(33(72)20-35(61)74)64-51(82)43(45(76)44(75)25-9-13-27(70)14-10-25)65-49(80)32-18-28(71)22-67(32)52(83)41(24(2)69)63-48(79)31(19-34(73)50(81)66-54(85)55(68,86)46(23)77)62-47(78)26-11-15-29(16-12-26)87-17-7-5-3-4-6-8-30-36(56)38(58)40(60)39(59)37(30)57/h9-16,23-24,28,31-34,41-46,50,69-73,75-77,81,86H,3-8,17-22H2,1-2H3,(H2,61,74)(H,62,78)(H,63,79)(H,64,82)(H,65,80)(H,66,85)/t23-,24+,28+,31+,32-,33+,34+,41-,42-,43-,44-,45-,46-,50+,55+/m0/s1. The highest BCUT2D eigenvalue weighted by molar-refractivity contribution is 6.00. The Morgan fingerprint density at radius 1 is 0.724 bits per heavy atom. The molecule has 87 heavy (non-hydrogen) atoms. The number of amides is 8. The van der Waals surface area contributed by atoms with Crippen LogP contribution in [0.1, 0.15) is 92.8 Å². The number of hydrogen-bond donors (Lipinski definition) is 16. The van der Waals surface area contributed by atoms with Crippen molar-refractivity contribution in [3.05, 3.63) is 94.3 Å². The van der Waals surface area contributed by atoms with Crippen LogP contribution in [0.5, 0.6) is 11.5 Å². The van der Waals surface area contributed by atoms with Crippen molar-refractivity contribution in [2.24, 2.45) is 11.7 Å². The summed E-state index contributed by atoms with van der Waals surface area (Å²) in [4.78, 5) is 113. The quantitative estimate of drug-likeness (QED) is 0.0256. The summed E-state index contributed by atoms with van der Waals surface area (Å²) < 4.78 is 74.3. The number of carbonyl (C=O) groups is 8. The number of carbonyl (C=O) groups excluding carboxylic acids is 8. The molecule has 0 unspecified atom stereocenters. The summed E-state index contributed by atoms with van der Waals surface area (Å²) in [5.74, 6) is -23.1. The molecule has 3 saturated heterocycles. The minimum atomic E-state index is -3.50. The molecule has 15 atom stereocenters. The molecule has 32 heteroatoms. The molecule has 3 heterocycles. The zero-order valence-corrected chi connectivity index (χ0v) is 46.7. The molecule has 3 aromatic rings. The molecule has 3 fully saturated rings. The molecule has 0 aromatic heterocycles. The van der Waals surface area contributed by atoms with Crippen LogP contribution in [-0.2, 0) is 40.0 Å². The van der Waals surface area contributed by atoms with E-state index in [1.807, 2.05) is 5.32 Å². The van der Waals surface area contributed by atoms with Crippen LogP contribution < -0.4 is 37.1 Å². The topological polar surface area (TPSA) is 441 Å². The molecule has 8 amide bonds. The number of nitrogens with one attached hydrogen (secondary N) is 5. The Hall–Kier alpha value is -7.69. The van der Waals surface area contributed by atoms with Gasteiger partial charge in [0.2, 0.25) is 41.1 Å². The molecule has 0 radical (unpaired) electrons. The third-order valence-corrected chi connectivity index (χ3v) is 15.2. The van der Waals surface area contributed by atoms with Crippen LogP contribution in [-0.4, -0.2) is 207 Å². The number of phenolic OH excluding ortho intramolecular Hbond substituents is 1. The minimum Gasteiger partial charge on any atom is -0.508 e. The Kier molecular flexibility index (Phi) is 23.1. The number of ether oxygens (including phenoxy) is 1. The van der Waals surface area contributed by atoms with E-state index in [1.165, 1.54) is 31.2 Å². The number of primary amides is 1. The van der Waals surface area contributed by atoms with Gasteiger partial charge in [-0.25, -0.2) is 22.0 Å². The van der Waals surface area contributed by atoms with Crippen LogP contribution in [0.25, 0.3) is 0 Å². The molecular formula is C55H69F5N8O19. The van der Waals surface area contributed by atoms with Gasteiger partial charge in [-0.05, 0) is 68.1 Å². The molecule has 17 N–H and O–H groups in total. The molecule has 3 aliphatic rings. The van der Waals surface area contributed by atoms with Gasteiger partial charge in [0, 0.05) is 43.0 Å². The first kappa shape index (κ1) is 68.4. The predicted octanol–water partition coefficient (Wildman–Crippen LogP) is -3.39. The zero-order valence-electron chi connectivity index (χ0n) is 46.7. The van der Waals surface area contributed by atoms with Gasteiger partial charge in [0.05, 0.1) is 31.3 Å². The van der Waals surface area contributed by atoms with Gasteiger partial charge in [-0.15, -0.1) is 0 Å². The van der Waals surface area contributed by atoms with Crippen LogP contribution in [0.15, 0.2) is 48.5 Å². The second-order valence-electron chi connectivity index (χ2n) is 21.6. The number of aliphatic hydroxyl groups excluding tert-OH is 8. The number of phenols is 1. The number of nitrogens with zero attached hydrogens (tertiary/aromatic N) is 2. The minimum absolute atomic E-state index is 0.115. The fourth-order valence-corrected chi connectivity index (χ4v) is 10.3. The summed E-state index contributed by atoms with van der Waals surface area (Å²) in [5, 5.41) is 123. The maximum Gasteiger partial charge on any atom is 0.278 e. The first-order chi connectivity index (χ1) is 40.9. The first-order valence-electron chi connectivity index (χ1n) is 27.5. The molecule has 27 nitrogen and oxygen atoms in total. The van der Waals surface area contributed by atoms with E-state index in [2.05, 4.69) is 16.0 Å². The molecule has 6 rings (SSSR count). The van der Waals surface area contributed by atoms with Crippen LogP contribution in [0, 0.1) is 35.0 Å². The average molecular weight is 1240 g/mol. The zero-order chi connectivity index (χ0) is 64.5. The Morgan fingerprint density at radius 2 is 1.30 bits per heavy atom. The fourth-order valence-electron chi connectivity index (χ4n) is 10.3. The molecular weight excluding hydrogens is 1170 g/mol. The second kappa shape index (κ2) is 29.3. The second-order valence-corrected chi connectivity index (χ2v) is 21.6. The van der Waals surface area contributed by atoms with Crippen LogP contribution in [0.3, 0.4) is 0 Å². The van der Waals surface area contributed by atoms with E-state index >= 15 is 0 Å². The van der Waals surface area contributed by atoms with Crippen molar-refractivity contribution in [1.82, 2.24) is 36.4 Å². The van der Waals surface area contributed by atoms with Crippen molar-refractivity contribution in [2.45, 2.75) is 157 Å². The summed E-state index contributed by atoms with van der Waals surface area (Å²) >= 11 is 0. The Morgan fingerprint density at radius 3 is 1.91 bits per heavy atom. The maximum absolute atomic E-state index is 14.6. The van der Waals surface area contributed by atoms with Gasteiger partial charge < -0.3 is 97.9 Å². The Labute approximate surface area is 492 Å². The molecule has 0 spiro atoms. The van der Waals surface area contributed by atoms with Gasteiger partial charge in [0.15, 0.2) is 29.5 Å².